The van der Waals surface area contributed by atoms with Crippen molar-refractivity contribution < 1.29 is 15.0 Å². The highest BCUT2D eigenvalue weighted by molar-refractivity contribution is 6.04. The molecule has 3 aromatic carbocycles. The van der Waals surface area contributed by atoms with Crippen molar-refractivity contribution in [2.24, 2.45) is 0 Å². The summed E-state index contributed by atoms with van der Waals surface area (Å²) in [7, 11) is 0. The van der Waals surface area contributed by atoms with E-state index in [1.807, 2.05) is 0 Å². The highest BCUT2D eigenvalue weighted by Gasteiger charge is 2.06. The van der Waals surface area contributed by atoms with E-state index in [0.29, 0.717) is 11.3 Å². The number of carbonyl (C=O) groups is 1. The number of phenolic OH excluding ortho intramolecular Hbond substituents is 2. The fourth-order valence-electron chi connectivity index (χ4n) is 2.39. The van der Waals surface area contributed by atoms with Crippen LogP contribution in [0.15, 0.2) is 72.8 Å². The van der Waals surface area contributed by atoms with Gasteiger partial charge in [0.2, 0.25) is 0 Å². The molecule has 2 aliphatic rings. The zero-order valence-corrected chi connectivity index (χ0v) is 12.9. The number of aromatic hydroxyl groups is 2. The van der Waals surface area contributed by atoms with Crippen molar-refractivity contribution in [3.05, 3.63) is 89.5 Å². The first-order valence-corrected chi connectivity index (χ1v) is 7.57. The van der Waals surface area contributed by atoms with Crippen LogP contribution in [0.25, 0.3) is 0 Å². The lowest BCUT2D eigenvalue weighted by Crippen LogP contribution is -2.11. The molecule has 3 aromatic rings. The molecule has 2 bridgehead atoms. The monoisotopic (exact) mass is 319 g/mol. The van der Waals surface area contributed by atoms with E-state index >= 15 is 0 Å². The standard InChI is InChI=1S/C13H11NO3.C7H6/c15-11-5-1-3-9(7-11)13(17)14-10-4-2-6-12(16)8-10;1-2-6-4-7(3-1)5-6/h1-8,15-16H,(H,14,17);1-4H,5H2. The lowest BCUT2D eigenvalue weighted by molar-refractivity contribution is 0.102. The van der Waals surface area contributed by atoms with Crippen molar-refractivity contribution in [3.63, 3.8) is 0 Å². The summed E-state index contributed by atoms with van der Waals surface area (Å²) >= 11 is 0. The van der Waals surface area contributed by atoms with Crippen LogP contribution in [0, 0.1) is 0 Å². The summed E-state index contributed by atoms with van der Waals surface area (Å²) in [6.07, 6.45) is 1.22. The van der Waals surface area contributed by atoms with E-state index in [-0.39, 0.29) is 17.4 Å². The molecule has 0 aliphatic heterocycles. The molecule has 120 valence electrons. The third-order valence-electron chi connectivity index (χ3n) is 3.61. The summed E-state index contributed by atoms with van der Waals surface area (Å²) in [4.78, 5) is 11.8. The van der Waals surface area contributed by atoms with Crippen LogP contribution < -0.4 is 5.32 Å². The molecular formula is C20H17NO3. The zero-order valence-electron chi connectivity index (χ0n) is 12.9. The summed E-state index contributed by atoms with van der Waals surface area (Å²) in [6, 6.07) is 21.0. The van der Waals surface area contributed by atoms with Crippen LogP contribution in [0.4, 0.5) is 5.69 Å². The normalized spacial score (nSPS) is 10.8. The summed E-state index contributed by atoms with van der Waals surface area (Å²) in [5.74, 6) is -0.223. The van der Waals surface area contributed by atoms with Gasteiger partial charge in [-0.25, -0.2) is 0 Å². The van der Waals surface area contributed by atoms with E-state index in [4.69, 9.17) is 0 Å². The lowest BCUT2D eigenvalue weighted by atomic mass is 9.94. The molecule has 4 heteroatoms. The quantitative estimate of drug-likeness (QED) is 0.524. The molecule has 0 aromatic heterocycles. The number of nitrogens with one attached hydrogen (secondary N) is 1. The van der Waals surface area contributed by atoms with Gasteiger partial charge in [0.25, 0.3) is 5.91 Å². The Kier molecular flexibility index (Phi) is 4.47. The summed E-state index contributed by atoms with van der Waals surface area (Å²) in [5, 5.41) is 21.1. The molecule has 2 aliphatic carbocycles. The number of hydrogen-bond acceptors (Lipinski definition) is 3. The number of phenols is 2. The minimum atomic E-state index is -0.341. The molecule has 0 atom stereocenters. The molecule has 0 unspecified atom stereocenters. The number of rotatable bonds is 2. The second-order valence-electron chi connectivity index (χ2n) is 5.55. The maximum atomic E-state index is 11.8. The Hall–Kier alpha value is -3.27. The molecule has 0 saturated carbocycles. The van der Waals surface area contributed by atoms with Gasteiger partial charge in [-0.05, 0) is 47.9 Å². The topological polar surface area (TPSA) is 69.6 Å². The van der Waals surface area contributed by atoms with E-state index in [1.54, 1.807) is 24.3 Å². The lowest BCUT2D eigenvalue weighted by Gasteiger charge is -2.11. The molecule has 5 rings (SSSR count). The van der Waals surface area contributed by atoms with Gasteiger partial charge >= 0.3 is 0 Å². The van der Waals surface area contributed by atoms with Crippen LogP contribution in [0.3, 0.4) is 0 Å². The molecule has 1 amide bonds. The number of anilines is 1. The van der Waals surface area contributed by atoms with Gasteiger partial charge in [-0.3, -0.25) is 4.79 Å². The minimum absolute atomic E-state index is 0.0357. The van der Waals surface area contributed by atoms with Gasteiger partial charge < -0.3 is 15.5 Å². The average molecular weight is 319 g/mol. The fraction of sp³-hybridized carbons (Fsp3) is 0.0500. The zero-order chi connectivity index (χ0) is 16.9. The van der Waals surface area contributed by atoms with E-state index < -0.39 is 0 Å². The van der Waals surface area contributed by atoms with Gasteiger partial charge in [0.1, 0.15) is 11.5 Å². The Balaban J connectivity index is 0.000000198. The van der Waals surface area contributed by atoms with Crippen molar-refractivity contribution >= 4 is 11.6 Å². The summed E-state index contributed by atoms with van der Waals surface area (Å²) in [5.41, 5.74) is 3.82. The Morgan fingerprint density at radius 3 is 1.88 bits per heavy atom. The SMILES string of the molecule is O=C(Nc1cccc(O)c1)c1cccc(O)c1.c1cc2cc(c1)C2. The second kappa shape index (κ2) is 6.87. The van der Waals surface area contributed by atoms with Crippen molar-refractivity contribution in [3.8, 4) is 11.5 Å². The van der Waals surface area contributed by atoms with Crippen LogP contribution in [0.1, 0.15) is 21.5 Å². The van der Waals surface area contributed by atoms with E-state index in [0.717, 1.165) is 0 Å². The van der Waals surface area contributed by atoms with Gasteiger partial charge in [-0.2, -0.15) is 0 Å². The molecule has 0 radical (unpaired) electrons. The first-order valence-electron chi connectivity index (χ1n) is 7.57. The van der Waals surface area contributed by atoms with Crippen LogP contribution >= 0.6 is 0 Å². The smallest absolute Gasteiger partial charge is 0.255 e. The first kappa shape index (κ1) is 15.6. The Labute approximate surface area is 140 Å². The molecule has 0 fully saturated rings. The van der Waals surface area contributed by atoms with Crippen LogP contribution in [-0.4, -0.2) is 16.1 Å². The average Bonchev–Trinajstić information content (AvgIpc) is 2.55. The molecular weight excluding hydrogens is 302 g/mol. The van der Waals surface area contributed by atoms with Crippen molar-refractivity contribution in [1.29, 1.82) is 0 Å². The van der Waals surface area contributed by atoms with Gasteiger partial charge in [-0.15, -0.1) is 0 Å². The van der Waals surface area contributed by atoms with Crippen LogP contribution in [0.5, 0.6) is 11.5 Å². The number of fused-ring (bicyclic) bond motifs is 2. The largest absolute Gasteiger partial charge is 0.508 e. The Morgan fingerprint density at radius 2 is 1.38 bits per heavy atom. The molecule has 4 nitrogen and oxygen atoms in total. The molecule has 0 saturated heterocycles. The number of amides is 1. The van der Waals surface area contributed by atoms with Crippen molar-refractivity contribution in [2.75, 3.05) is 5.32 Å². The predicted molar refractivity (Wildman–Crippen MR) is 93.4 cm³/mol. The number of carbonyl (C=O) groups excluding carboxylic acids is 1. The molecule has 3 N–H and O–H groups in total. The predicted octanol–water partition coefficient (Wildman–Crippen LogP) is 3.94. The third-order valence-corrected chi connectivity index (χ3v) is 3.61. The summed E-state index contributed by atoms with van der Waals surface area (Å²) in [6.45, 7) is 0. The Bertz CT molecular complexity index is 849. The van der Waals surface area contributed by atoms with Gasteiger partial charge in [0, 0.05) is 17.3 Å². The van der Waals surface area contributed by atoms with E-state index in [9.17, 15) is 15.0 Å². The maximum Gasteiger partial charge on any atom is 0.255 e. The van der Waals surface area contributed by atoms with Crippen molar-refractivity contribution in [1.82, 2.24) is 0 Å². The Morgan fingerprint density at radius 1 is 0.792 bits per heavy atom. The second-order valence-corrected chi connectivity index (χ2v) is 5.55. The van der Waals surface area contributed by atoms with E-state index in [2.05, 4.69) is 29.6 Å². The van der Waals surface area contributed by atoms with Gasteiger partial charge in [-0.1, -0.05) is 36.4 Å². The van der Waals surface area contributed by atoms with E-state index in [1.165, 1.54) is 41.8 Å². The highest BCUT2D eigenvalue weighted by Crippen LogP contribution is 2.19. The molecule has 0 heterocycles. The third kappa shape index (κ3) is 3.93. The highest BCUT2D eigenvalue weighted by atomic mass is 16.3. The molecule has 24 heavy (non-hydrogen) atoms. The number of benzene rings is 3. The van der Waals surface area contributed by atoms with Gasteiger partial charge in [0.05, 0.1) is 0 Å². The van der Waals surface area contributed by atoms with Crippen LogP contribution in [0.2, 0.25) is 0 Å². The maximum absolute atomic E-state index is 11.8. The fourth-order valence-corrected chi connectivity index (χ4v) is 2.39. The van der Waals surface area contributed by atoms with Crippen LogP contribution in [-0.2, 0) is 6.42 Å². The number of hydrogen-bond donors (Lipinski definition) is 3. The minimum Gasteiger partial charge on any atom is -0.508 e. The summed E-state index contributed by atoms with van der Waals surface area (Å²) < 4.78 is 0. The van der Waals surface area contributed by atoms with Gasteiger partial charge in [0.15, 0.2) is 0 Å². The first-order chi connectivity index (χ1) is 11.6. The van der Waals surface area contributed by atoms with Crippen molar-refractivity contribution in [2.45, 2.75) is 6.42 Å². The molecule has 0 spiro atoms.